The van der Waals surface area contributed by atoms with E-state index in [-0.39, 0.29) is 12.6 Å². The van der Waals surface area contributed by atoms with Gasteiger partial charge in [-0.25, -0.2) is 0 Å². The van der Waals surface area contributed by atoms with E-state index in [0.29, 0.717) is 5.92 Å². The average molecular weight is 169 g/mol. The molecular weight excluding hydrogens is 158 g/mol. The number of fused-ring (bicyclic) bond motifs is 1. The lowest BCUT2D eigenvalue weighted by Crippen LogP contribution is -2.06. The molecule has 0 radical (unpaired) electrons. The first-order valence-electron chi connectivity index (χ1n) is 3.76. The predicted octanol–water partition coefficient (Wildman–Crippen LogP) is 1.23. The van der Waals surface area contributed by atoms with Crippen LogP contribution in [0.25, 0.3) is 0 Å². The third-order valence-corrected chi connectivity index (χ3v) is 3.35. The maximum atomic E-state index is 9.00. The van der Waals surface area contributed by atoms with E-state index >= 15 is 0 Å². The van der Waals surface area contributed by atoms with Crippen LogP contribution in [-0.4, -0.2) is 11.7 Å². The van der Waals surface area contributed by atoms with Gasteiger partial charge in [0.05, 0.1) is 6.61 Å². The molecular formula is C8H11NOS. The minimum Gasteiger partial charge on any atom is -0.396 e. The van der Waals surface area contributed by atoms with Crippen molar-refractivity contribution in [3.63, 3.8) is 0 Å². The molecule has 3 heteroatoms. The van der Waals surface area contributed by atoms with Crippen LogP contribution in [0.1, 0.15) is 28.8 Å². The second-order valence-electron chi connectivity index (χ2n) is 2.96. The van der Waals surface area contributed by atoms with Gasteiger partial charge in [0.2, 0.25) is 0 Å². The zero-order valence-electron chi connectivity index (χ0n) is 6.16. The molecule has 0 fully saturated rings. The van der Waals surface area contributed by atoms with Gasteiger partial charge in [-0.3, -0.25) is 0 Å². The average Bonchev–Trinajstić information content (AvgIpc) is 2.54. The van der Waals surface area contributed by atoms with E-state index < -0.39 is 0 Å². The molecule has 3 N–H and O–H groups in total. The van der Waals surface area contributed by atoms with Crippen LogP contribution >= 0.6 is 11.3 Å². The smallest absolute Gasteiger partial charge is 0.0508 e. The predicted molar refractivity (Wildman–Crippen MR) is 45.7 cm³/mol. The molecule has 1 aliphatic rings. The highest BCUT2D eigenvalue weighted by Gasteiger charge is 2.28. The Morgan fingerprint density at radius 1 is 1.73 bits per heavy atom. The maximum absolute atomic E-state index is 9.00. The van der Waals surface area contributed by atoms with Gasteiger partial charge in [0.1, 0.15) is 0 Å². The van der Waals surface area contributed by atoms with E-state index in [1.807, 2.05) is 5.38 Å². The van der Waals surface area contributed by atoms with E-state index in [2.05, 4.69) is 6.07 Å². The molecule has 1 heterocycles. The third kappa shape index (κ3) is 1.00. The standard InChI is InChI=1S/C8H11NOS/c9-7-3-5(4-10)8-6(7)1-2-11-8/h1-2,5,7,10H,3-4,9H2. The maximum Gasteiger partial charge on any atom is 0.0508 e. The molecule has 11 heavy (non-hydrogen) atoms. The number of hydrogen-bond donors (Lipinski definition) is 2. The normalized spacial score (nSPS) is 28.9. The Morgan fingerprint density at radius 2 is 2.55 bits per heavy atom. The summed E-state index contributed by atoms with van der Waals surface area (Å²) in [6.45, 7) is 0.237. The summed E-state index contributed by atoms with van der Waals surface area (Å²) in [5, 5.41) is 11.0. The highest BCUT2D eigenvalue weighted by molar-refractivity contribution is 7.10. The van der Waals surface area contributed by atoms with Crippen molar-refractivity contribution >= 4 is 11.3 Å². The molecule has 0 aliphatic heterocycles. The van der Waals surface area contributed by atoms with Crippen molar-refractivity contribution in [2.75, 3.05) is 6.61 Å². The molecule has 0 amide bonds. The molecule has 2 rings (SSSR count). The Hall–Kier alpha value is -0.380. The summed E-state index contributed by atoms with van der Waals surface area (Å²) in [6, 6.07) is 2.23. The van der Waals surface area contributed by atoms with Crippen molar-refractivity contribution in [3.8, 4) is 0 Å². The van der Waals surface area contributed by atoms with Crippen LogP contribution in [-0.2, 0) is 0 Å². The summed E-state index contributed by atoms with van der Waals surface area (Å²) >= 11 is 1.71. The Kier molecular flexibility index (Phi) is 1.71. The monoisotopic (exact) mass is 169 g/mol. The molecule has 2 unspecified atom stereocenters. The summed E-state index contributed by atoms with van der Waals surface area (Å²) < 4.78 is 0. The van der Waals surface area contributed by atoms with Gasteiger partial charge in [0.15, 0.2) is 0 Å². The van der Waals surface area contributed by atoms with Gasteiger partial charge in [0.25, 0.3) is 0 Å². The van der Waals surface area contributed by atoms with Crippen LogP contribution < -0.4 is 5.73 Å². The fraction of sp³-hybridized carbons (Fsp3) is 0.500. The second-order valence-corrected chi connectivity index (χ2v) is 3.91. The third-order valence-electron chi connectivity index (χ3n) is 2.26. The Bertz CT molecular complexity index is 258. The van der Waals surface area contributed by atoms with E-state index in [4.69, 9.17) is 10.8 Å². The molecule has 60 valence electrons. The Morgan fingerprint density at radius 3 is 3.27 bits per heavy atom. The van der Waals surface area contributed by atoms with Gasteiger partial charge in [-0.1, -0.05) is 0 Å². The van der Waals surface area contributed by atoms with E-state index in [1.165, 1.54) is 10.4 Å². The number of hydrogen-bond acceptors (Lipinski definition) is 3. The zero-order chi connectivity index (χ0) is 7.84. The fourth-order valence-electron chi connectivity index (χ4n) is 1.67. The Balaban J connectivity index is 2.37. The van der Waals surface area contributed by atoms with Gasteiger partial charge in [-0.05, 0) is 23.4 Å². The van der Waals surface area contributed by atoms with Crippen molar-refractivity contribution in [2.45, 2.75) is 18.4 Å². The zero-order valence-corrected chi connectivity index (χ0v) is 6.97. The highest BCUT2D eigenvalue weighted by atomic mass is 32.1. The Labute approximate surface area is 69.7 Å². The van der Waals surface area contributed by atoms with Crippen molar-refractivity contribution < 1.29 is 5.11 Å². The summed E-state index contributed by atoms with van der Waals surface area (Å²) in [7, 11) is 0. The van der Waals surface area contributed by atoms with E-state index in [0.717, 1.165) is 6.42 Å². The van der Waals surface area contributed by atoms with Crippen LogP contribution in [0, 0.1) is 0 Å². The summed E-state index contributed by atoms with van der Waals surface area (Å²) in [5.74, 6) is 0.306. The molecule has 0 bridgehead atoms. The molecule has 1 aliphatic carbocycles. The minimum absolute atomic E-state index is 0.161. The number of nitrogens with two attached hydrogens (primary N) is 1. The van der Waals surface area contributed by atoms with Crippen molar-refractivity contribution in [1.29, 1.82) is 0 Å². The summed E-state index contributed by atoms with van der Waals surface area (Å²) in [6.07, 6.45) is 0.915. The fourth-order valence-corrected chi connectivity index (χ4v) is 2.75. The van der Waals surface area contributed by atoms with Gasteiger partial charge < -0.3 is 10.8 Å². The quantitative estimate of drug-likeness (QED) is 0.664. The molecule has 1 aromatic heterocycles. The molecule has 0 saturated heterocycles. The van der Waals surface area contributed by atoms with Crippen LogP contribution in [0.2, 0.25) is 0 Å². The van der Waals surface area contributed by atoms with Crippen LogP contribution in [0.5, 0.6) is 0 Å². The van der Waals surface area contributed by atoms with E-state index in [1.54, 1.807) is 11.3 Å². The number of thiophene rings is 1. The van der Waals surface area contributed by atoms with Gasteiger partial charge in [-0.15, -0.1) is 11.3 Å². The van der Waals surface area contributed by atoms with Crippen molar-refractivity contribution in [1.82, 2.24) is 0 Å². The number of aliphatic hydroxyl groups excluding tert-OH is 1. The van der Waals surface area contributed by atoms with Crippen LogP contribution in [0.3, 0.4) is 0 Å². The second kappa shape index (κ2) is 2.59. The molecule has 2 nitrogen and oxygen atoms in total. The lowest BCUT2D eigenvalue weighted by Gasteiger charge is -2.04. The van der Waals surface area contributed by atoms with Crippen LogP contribution in [0.4, 0.5) is 0 Å². The first-order chi connectivity index (χ1) is 5.33. The van der Waals surface area contributed by atoms with Crippen LogP contribution in [0.15, 0.2) is 11.4 Å². The lowest BCUT2D eigenvalue weighted by molar-refractivity contribution is 0.263. The highest BCUT2D eigenvalue weighted by Crippen LogP contribution is 2.41. The van der Waals surface area contributed by atoms with Crippen molar-refractivity contribution in [2.24, 2.45) is 5.73 Å². The summed E-state index contributed by atoms with van der Waals surface area (Å²) in [5.41, 5.74) is 7.10. The SMILES string of the molecule is NC1CC(CO)c2sccc21. The van der Waals surface area contributed by atoms with Gasteiger partial charge >= 0.3 is 0 Å². The number of rotatable bonds is 1. The van der Waals surface area contributed by atoms with Crippen molar-refractivity contribution in [3.05, 3.63) is 21.9 Å². The topological polar surface area (TPSA) is 46.2 Å². The molecule has 1 aromatic rings. The first-order valence-corrected chi connectivity index (χ1v) is 4.64. The molecule has 2 atom stereocenters. The van der Waals surface area contributed by atoms with E-state index in [9.17, 15) is 0 Å². The van der Waals surface area contributed by atoms with Gasteiger partial charge in [-0.2, -0.15) is 0 Å². The summed E-state index contributed by atoms with van der Waals surface area (Å²) in [4.78, 5) is 1.29. The minimum atomic E-state index is 0.161. The van der Waals surface area contributed by atoms with Gasteiger partial charge in [0, 0.05) is 16.8 Å². The molecule has 0 spiro atoms. The molecule has 0 saturated carbocycles. The molecule has 0 aromatic carbocycles. The first kappa shape index (κ1) is 7.28. The largest absolute Gasteiger partial charge is 0.396 e. The lowest BCUT2D eigenvalue weighted by atomic mass is 10.1. The number of aliphatic hydroxyl groups is 1.